The lowest BCUT2D eigenvalue weighted by Gasteiger charge is -2.27. The van der Waals surface area contributed by atoms with E-state index in [1.54, 1.807) is 13.2 Å². The zero-order valence-corrected chi connectivity index (χ0v) is 10.8. The Bertz CT molecular complexity index is 447. The average Bonchev–Trinajstić information content (AvgIpc) is 2.45. The smallest absolute Gasteiger partial charge is 0.270 e. The number of nitrogens with one attached hydrogen (secondary N) is 1. The maximum Gasteiger partial charge on any atom is 0.270 e. The number of hydrogen-bond acceptors (Lipinski definition) is 6. The van der Waals surface area contributed by atoms with Gasteiger partial charge in [-0.15, -0.1) is 0 Å². The van der Waals surface area contributed by atoms with Crippen LogP contribution < -0.4 is 10.2 Å². The molecule has 0 amide bonds. The Balaban J connectivity index is 2.04. The molecule has 0 spiro atoms. The average molecular weight is 267 g/mol. The zero-order chi connectivity index (χ0) is 13.7. The van der Waals surface area contributed by atoms with Gasteiger partial charge in [0.2, 0.25) is 0 Å². The van der Waals surface area contributed by atoms with E-state index in [4.69, 9.17) is 9.47 Å². The van der Waals surface area contributed by atoms with Crippen molar-refractivity contribution in [1.82, 2.24) is 10.4 Å². The summed E-state index contributed by atoms with van der Waals surface area (Å²) in [6.45, 7) is 3.48. The van der Waals surface area contributed by atoms with Crippen LogP contribution in [0.1, 0.15) is 5.56 Å². The molecule has 0 unspecified atom stereocenters. The van der Waals surface area contributed by atoms with Crippen LogP contribution >= 0.6 is 0 Å². The van der Waals surface area contributed by atoms with Gasteiger partial charge in [-0.2, -0.15) is 0 Å². The second kappa shape index (κ2) is 6.46. The number of non-ortho nitro benzene ring substituents is 1. The Hall–Kier alpha value is -1.70. The van der Waals surface area contributed by atoms with Gasteiger partial charge in [0.25, 0.3) is 5.69 Å². The molecule has 2 rings (SSSR count). The quantitative estimate of drug-likeness (QED) is 0.632. The SMILES string of the molecule is COc1ccc([N+](=O)[O-])cc1CNN1CCOCC1. The minimum Gasteiger partial charge on any atom is -0.496 e. The molecule has 7 nitrogen and oxygen atoms in total. The van der Waals surface area contributed by atoms with Gasteiger partial charge in [0.05, 0.1) is 25.2 Å². The van der Waals surface area contributed by atoms with E-state index in [1.807, 2.05) is 5.01 Å². The molecule has 0 radical (unpaired) electrons. The minimum atomic E-state index is -0.405. The number of ether oxygens (including phenoxy) is 2. The first kappa shape index (κ1) is 13.7. The summed E-state index contributed by atoms with van der Waals surface area (Å²) in [4.78, 5) is 10.4. The molecule has 1 fully saturated rings. The molecule has 1 heterocycles. The Kier molecular flexibility index (Phi) is 4.67. The summed E-state index contributed by atoms with van der Waals surface area (Å²) in [6.07, 6.45) is 0. The lowest BCUT2D eigenvalue weighted by Crippen LogP contribution is -2.45. The number of methoxy groups -OCH3 is 1. The summed E-state index contributed by atoms with van der Waals surface area (Å²) in [5.41, 5.74) is 4.07. The van der Waals surface area contributed by atoms with Crippen molar-refractivity contribution >= 4 is 5.69 Å². The first-order chi connectivity index (χ1) is 9.20. The number of hydrogen-bond donors (Lipinski definition) is 1. The molecule has 0 aliphatic carbocycles. The second-order valence-corrected chi connectivity index (χ2v) is 4.19. The van der Waals surface area contributed by atoms with Gasteiger partial charge in [-0.1, -0.05) is 0 Å². The number of nitrogens with zero attached hydrogens (tertiary/aromatic N) is 2. The molecule has 0 saturated carbocycles. The fourth-order valence-corrected chi connectivity index (χ4v) is 1.94. The number of nitro groups is 1. The van der Waals surface area contributed by atoms with Gasteiger partial charge in [0.15, 0.2) is 0 Å². The predicted octanol–water partition coefficient (Wildman–Crippen LogP) is 0.940. The van der Waals surface area contributed by atoms with Crippen molar-refractivity contribution in [2.75, 3.05) is 33.4 Å². The maximum atomic E-state index is 10.8. The highest BCUT2D eigenvalue weighted by molar-refractivity contribution is 5.43. The maximum absolute atomic E-state index is 10.8. The summed E-state index contributed by atoms with van der Waals surface area (Å²) >= 11 is 0. The van der Waals surface area contributed by atoms with E-state index in [2.05, 4.69) is 5.43 Å². The molecule has 7 heteroatoms. The number of rotatable bonds is 5. The van der Waals surface area contributed by atoms with E-state index >= 15 is 0 Å². The predicted molar refractivity (Wildman–Crippen MR) is 68.9 cm³/mol. The molecule has 1 aliphatic heterocycles. The lowest BCUT2D eigenvalue weighted by atomic mass is 10.2. The third-order valence-electron chi connectivity index (χ3n) is 2.98. The molecular weight excluding hydrogens is 250 g/mol. The van der Waals surface area contributed by atoms with E-state index < -0.39 is 4.92 Å². The lowest BCUT2D eigenvalue weighted by molar-refractivity contribution is -0.384. The molecule has 1 aromatic rings. The van der Waals surface area contributed by atoms with Crippen LogP contribution in [0.2, 0.25) is 0 Å². The molecule has 1 N–H and O–H groups in total. The van der Waals surface area contributed by atoms with E-state index in [1.165, 1.54) is 12.1 Å². The highest BCUT2D eigenvalue weighted by Gasteiger charge is 2.14. The molecule has 0 aromatic heterocycles. The molecule has 0 atom stereocenters. The van der Waals surface area contributed by atoms with Gasteiger partial charge in [-0.3, -0.25) is 15.5 Å². The fourth-order valence-electron chi connectivity index (χ4n) is 1.94. The fraction of sp³-hybridized carbons (Fsp3) is 0.500. The van der Waals surface area contributed by atoms with Gasteiger partial charge in [0, 0.05) is 37.3 Å². The Morgan fingerprint density at radius 3 is 2.84 bits per heavy atom. The Labute approximate surface area is 111 Å². The largest absolute Gasteiger partial charge is 0.496 e. The van der Waals surface area contributed by atoms with E-state index in [0.29, 0.717) is 25.5 Å². The monoisotopic (exact) mass is 267 g/mol. The van der Waals surface area contributed by atoms with Gasteiger partial charge in [-0.05, 0) is 6.07 Å². The van der Waals surface area contributed by atoms with E-state index in [9.17, 15) is 10.1 Å². The highest BCUT2D eigenvalue weighted by atomic mass is 16.6. The number of nitro benzene ring substituents is 1. The van der Waals surface area contributed by atoms with Gasteiger partial charge in [0.1, 0.15) is 5.75 Å². The van der Waals surface area contributed by atoms with Gasteiger partial charge >= 0.3 is 0 Å². The Morgan fingerprint density at radius 1 is 1.47 bits per heavy atom. The number of hydrazine groups is 1. The molecular formula is C12H17N3O4. The summed E-state index contributed by atoms with van der Waals surface area (Å²) in [7, 11) is 1.55. The van der Waals surface area contributed by atoms with Crippen LogP contribution in [0.25, 0.3) is 0 Å². The van der Waals surface area contributed by atoms with Crippen molar-refractivity contribution in [1.29, 1.82) is 0 Å². The standard InChI is InChI=1S/C12H17N3O4/c1-18-12-3-2-11(15(16)17)8-10(12)9-13-14-4-6-19-7-5-14/h2-3,8,13H,4-7,9H2,1H3. The van der Waals surface area contributed by atoms with Crippen LogP contribution in [0.4, 0.5) is 5.69 Å². The third-order valence-corrected chi connectivity index (χ3v) is 2.98. The van der Waals surface area contributed by atoms with Crippen molar-refractivity contribution in [3.63, 3.8) is 0 Å². The summed E-state index contributed by atoms with van der Waals surface area (Å²) in [5, 5.41) is 12.8. The summed E-state index contributed by atoms with van der Waals surface area (Å²) in [6, 6.07) is 4.60. The van der Waals surface area contributed by atoms with Crippen molar-refractivity contribution in [2.24, 2.45) is 0 Å². The molecule has 19 heavy (non-hydrogen) atoms. The van der Waals surface area contributed by atoms with Crippen LogP contribution in [0.5, 0.6) is 5.75 Å². The van der Waals surface area contributed by atoms with Gasteiger partial charge < -0.3 is 9.47 Å². The number of morpholine rings is 1. The van der Waals surface area contributed by atoms with Crippen LogP contribution in [0.3, 0.4) is 0 Å². The third kappa shape index (κ3) is 3.63. The van der Waals surface area contributed by atoms with Crippen LogP contribution in [-0.2, 0) is 11.3 Å². The normalized spacial score (nSPS) is 16.3. The minimum absolute atomic E-state index is 0.0691. The first-order valence-corrected chi connectivity index (χ1v) is 6.08. The van der Waals surface area contributed by atoms with Crippen molar-refractivity contribution in [3.05, 3.63) is 33.9 Å². The molecule has 104 valence electrons. The van der Waals surface area contributed by atoms with Crippen molar-refractivity contribution < 1.29 is 14.4 Å². The van der Waals surface area contributed by atoms with Crippen LogP contribution in [-0.4, -0.2) is 43.3 Å². The van der Waals surface area contributed by atoms with Crippen molar-refractivity contribution in [2.45, 2.75) is 6.54 Å². The van der Waals surface area contributed by atoms with Crippen LogP contribution in [0, 0.1) is 10.1 Å². The summed E-state index contributed by atoms with van der Waals surface area (Å²) in [5.74, 6) is 0.645. The topological polar surface area (TPSA) is 76.9 Å². The van der Waals surface area contributed by atoms with Crippen LogP contribution in [0.15, 0.2) is 18.2 Å². The molecule has 1 aromatic carbocycles. The van der Waals surface area contributed by atoms with Gasteiger partial charge in [-0.25, -0.2) is 5.01 Å². The zero-order valence-electron chi connectivity index (χ0n) is 10.8. The molecule has 0 bridgehead atoms. The highest BCUT2D eigenvalue weighted by Crippen LogP contribution is 2.23. The van der Waals surface area contributed by atoms with E-state index in [0.717, 1.165) is 18.7 Å². The second-order valence-electron chi connectivity index (χ2n) is 4.19. The molecule has 1 aliphatic rings. The first-order valence-electron chi connectivity index (χ1n) is 6.08. The number of benzene rings is 1. The van der Waals surface area contributed by atoms with Crippen molar-refractivity contribution in [3.8, 4) is 5.75 Å². The van der Waals surface area contributed by atoms with E-state index in [-0.39, 0.29) is 5.69 Å². The Morgan fingerprint density at radius 2 is 2.21 bits per heavy atom. The molecule has 1 saturated heterocycles. The summed E-state index contributed by atoms with van der Waals surface area (Å²) < 4.78 is 10.5.